The van der Waals surface area contributed by atoms with E-state index in [1.807, 2.05) is 4.90 Å². The zero-order valence-electron chi connectivity index (χ0n) is 20.1. The summed E-state index contributed by atoms with van der Waals surface area (Å²) in [6, 6.07) is 14.2. The van der Waals surface area contributed by atoms with Gasteiger partial charge < -0.3 is 14.5 Å². The average molecular weight is 521 g/mol. The zero-order chi connectivity index (χ0) is 25.9. The summed E-state index contributed by atoms with van der Waals surface area (Å²) in [4.78, 5) is 17.5. The molecule has 0 unspecified atom stereocenters. The lowest BCUT2D eigenvalue weighted by Crippen LogP contribution is -2.47. The van der Waals surface area contributed by atoms with E-state index >= 15 is 0 Å². The van der Waals surface area contributed by atoms with Gasteiger partial charge in [-0.15, -0.1) is 0 Å². The zero-order valence-corrected chi connectivity index (χ0v) is 20.9. The Kier molecular flexibility index (Phi) is 8.02. The molecule has 1 fully saturated rings. The number of aromatic nitrogens is 2. The maximum Gasteiger partial charge on any atom is 0.435 e. The number of hydrogen-bond acceptors (Lipinski definition) is 4. The first-order valence-corrected chi connectivity index (χ1v) is 12.1. The lowest BCUT2D eigenvalue weighted by Gasteiger charge is -2.37. The number of hydrogen-bond donors (Lipinski definition) is 0. The summed E-state index contributed by atoms with van der Waals surface area (Å²) in [5, 5.41) is 4.06. The molecular formula is C26H28ClF3N4O2. The number of benzene rings is 2. The average Bonchev–Trinajstić information content (AvgIpc) is 3.31. The Morgan fingerprint density at radius 1 is 1.14 bits per heavy atom. The van der Waals surface area contributed by atoms with Crippen molar-refractivity contribution < 1.29 is 22.7 Å². The summed E-state index contributed by atoms with van der Waals surface area (Å²) in [5.41, 5.74) is 0.482. The number of rotatable bonds is 7. The lowest BCUT2D eigenvalue weighted by molar-refractivity contribution is -0.141. The van der Waals surface area contributed by atoms with E-state index in [0.29, 0.717) is 30.0 Å². The molecule has 6 nitrogen and oxygen atoms in total. The van der Waals surface area contributed by atoms with Crippen LogP contribution in [0.2, 0.25) is 5.02 Å². The van der Waals surface area contributed by atoms with Crippen LogP contribution in [-0.4, -0.2) is 71.9 Å². The molecule has 0 spiro atoms. The number of likely N-dealkylation sites (tertiary alicyclic amines) is 1. The highest BCUT2D eigenvalue weighted by molar-refractivity contribution is 6.32. The van der Waals surface area contributed by atoms with E-state index in [9.17, 15) is 18.0 Å². The third kappa shape index (κ3) is 5.74. The quantitative estimate of drug-likeness (QED) is 0.419. The Bertz CT molecular complexity index is 1190. The largest absolute Gasteiger partial charge is 0.435 e. The van der Waals surface area contributed by atoms with Gasteiger partial charge in [0.15, 0.2) is 5.69 Å². The van der Waals surface area contributed by atoms with E-state index < -0.39 is 11.9 Å². The fraction of sp³-hybridized carbons (Fsp3) is 0.385. The highest BCUT2D eigenvalue weighted by atomic mass is 35.5. The monoisotopic (exact) mass is 520 g/mol. The van der Waals surface area contributed by atoms with Gasteiger partial charge in [-0.2, -0.15) is 18.3 Å². The van der Waals surface area contributed by atoms with E-state index in [2.05, 4.69) is 17.0 Å². The van der Waals surface area contributed by atoms with Crippen molar-refractivity contribution in [3.8, 4) is 16.9 Å². The normalized spacial score (nSPS) is 15.3. The van der Waals surface area contributed by atoms with Crippen LogP contribution in [0.1, 0.15) is 28.9 Å². The summed E-state index contributed by atoms with van der Waals surface area (Å²) < 4.78 is 46.9. The summed E-state index contributed by atoms with van der Waals surface area (Å²) in [6.07, 6.45) is -2.87. The van der Waals surface area contributed by atoms with Gasteiger partial charge >= 0.3 is 6.18 Å². The number of ether oxygens (including phenoxy) is 1. The van der Waals surface area contributed by atoms with Gasteiger partial charge in [0.25, 0.3) is 5.91 Å². The molecule has 2 heterocycles. The molecule has 10 heteroatoms. The summed E-state index contributed by atoms with van der Waals surface area (Å²) in [6.45, 7) is 2.72. The first-order chi connectivity index (χ1) is 17.2. The number of amides is 1. The summed E-state index contributed by atoms with van der Waals surface area (Å²) in [7, 11) is 3.66. The van der Waals surface area contributed by atoms with Crippen molar-refractivity contribution in [2.45, 2.75) is 25.1 Å². The first-order valence-electron chi connectivity index (χ1n) is 11.7. The van der Waals surface area contributed by atoms with Crippen LogP contribution in [0.5, 0.6) is 0 Å². The molecule has 192 valence electrons. The van der Waals surface area contributed by atoms with Crippen molar-refractivity contribution in [3.05, 3.63) is 70.9 Å². The molecule has 2 aromatic carbocycles. The van der Waals surface area contributed by atoms with Crippen molar-refractivity contribution in [3.63, 3.8) is 0 Å². The molecule has 1 amide bonds. The molecule has 0 radical (unpaired) electrons. The van der Waals surface area contributed by atoms with Crippen molar-refractivity contribution in [2.24, 2.45) is 0 Å². The van der Waals surface area contributed by atoms with Crippen LogP contribution in [0.4, 0.5) is 13.2 Å². The molecule has 36 heavy (non-hydrogen) atoms. The molecule has 0 aliphatic carbocycles. The second-order valence-electron chi connectivity index (χ2n) is 8.88. The number of halogens is 4. The van der Waals surface area contributed by atoms with Crippen LogP contribution in [0.15, 0.2) is 54.6 Å². The molecule has 1 saturated heterocycles. The van der Waals surface area contributed by atoms with Crippen molar-refractivity contribution >= 4 is 17.5 Å². The van der Waals surface area contributed by atoms with Crippen LogP contribution >= 0.6 is 11.6 Å². The maximum absolute atomic E-state index is 13.5. The Morgan fingerprint density at radius 3 is 2.42 bits per heavy atom. The standard InChI is InChI=1S/C26H28ClF3N4O2/c1-32-13-11-20(12-14-32)33(15-16-36-2)25(35)19-9-7-18(8-10-19)23-17-24(26(28,29)30)31-34(23)22-6-4-3-5-21(22)27/h3-10,17,20H,11-16H2,1-2H3. The molecule has 1 aliphatic rings. The number of carbonyl (C=O) groups excluding carboxylic acids is 1. The Morgan fingerprint density at radius 2 is 1.81 bits per heavy atom. The van der Waals surface area contributed by atoms with Gasteiger partial charge in [-0.1, -0.05) is 35.9 Å². The van der Waals surface area contributed by atoms with Gasteiger partial charge in [0, 0.05) is 30.8 Å². The highest BCUT2D eigenvalue weighted by Crippen LogP contribution is 2.34. The number of para-hydroxylation sites is 1. The predicted molar refractivity (Wildman–Crippen MR) is 132 cm³/mol. The van der Waals surface area contributed by atoms with Crippen LogP contribution < -0.4 is 0 Å². The minimum atomic E-state index is -4.62. The molecule has 0 N–H and O–H groups in total. The molecular weight excluding hydrogens is 493 g/mol. The van der Waals surface area contributed by atoms with Crippen LogP contribution in [0.25, 0.3) is 16.9 Å². The van der Waals surface area contributed by atoms with Gasteiger partial charge in [-0.05, 0) is 63.3 Å². The Labute approximate surface area is 213 Å². The van der Waals surface area contributed by atoms with Crippen LogP contribution in [0.3, 0.4) is 0 Å². The van der Waals surface area contributed by atoms with E-state index in [1.54, 1.807) is 55.6 Å². The molecule has 4 rings (SSSR count). The third-order valence-electron chi connectivity index (χ3n) is 6.43. The number of piperidine rings is 1. The minimum Gasteiger partial charge on any atom is -0.383 e. The van der Waals surface area contributed by atoms with Gasteiger partial charge in [-0.25, -0.2) is 4.68 Å². The SMILES string of the molecule is COCCN(C(=O)c1ccc(-c2cc(C(F)(F)F)nn2-c2ccccc2Cl)cc1)C1CCN(C)CC1. The fourth-order valence-electron chi connectivity index (χ4n) is 4.43. The third-order valence-corrected chi connectivity index (χ3v) is 6.75. The molecule has 1 aromatic heterocycles. The molecule has 3 aromatic rings. The first kappa shape index (κ1) is 26.2. The molecule has 0 bridgehead atoms. The second kappa shape index (κ2) is 11.0. The minimum absolute atomic E-state index is 0.111. The highest BCUT2D eigenvalue weighted by Gasteiger charge is 2.35. The number of alkyl halides is 3. The lowest BCUT2D eigenvalue weighted by atomic mass is 10.0. The predicted octanol–water partition coefficient (Wildman–Crippen LogP) is 5.39. The van der Waals surface area contributed by atoms with Crippen molar-refractivity contribution in [1.82, 2.24) is 19.6 Å². The topological polar surface area (TPSA) is 50.6 Å². The van der Waals surface area contributed by atoms with Gasteiger partial charge in [0.2, 0.25) is 0 Å². The van der Waals surface area contributed by atoms with E-state index in [4.69, 9.17) is 16.3 Å². The summed E-state index contributed by atoms with van der Waals surface area (Å²) >= 11 is 6.26. The molecule has 0 saturated carbocycles. The van der Waals surface area contributed by atoms with Gasteiger partial charge in [-0.3, -0.25) is 4.79 Å². The Balaban J connectivity index is 1.65. The smallest absolute Gasteiger partial charge is 0.383 e. The molecule has 0 atom stereocenters. The number of methoxy groups -OCH3 is 1. The van der Waals surface area contributed by atoms with Crippen molar-refractivity contribution in [1.29, 1.82) is 0 Å². The van der Waals surface area contributed by atoms with Crippen molar-refractivity contribution in [2.75, 3.05) is 40.4 Å². The van der Waals surface area contributed by atoms with E-state index in [-0.39, 0.29) is 22.7 Å². The van der Waals surface area contributed by atoms with Crippen LogP contribution in [-0.2, 0) is 10.9 Å². The molecule has 1 aliphatic heterocycles. The Hall–Kier alpha value is -2.88. The number of carbonyl (C=O) groups is 1. The van der Waals surface area contributed by atoms with E-state index in [1.165, 1.54) is 4.68 Å². The van der Waals surface area contributed by atoms with E-state index in [0.717, 1.165) is 32.0 Å². The number of nitrogens with zero attached hydrogens (tertiary/aromatic N) is 4. The van der Waals surface area contributed by atoms with Crippen LogP contribution in [0, 0.1) is 0 Å². The second-order valence-corrected chi connectivity index (χ2v) is 9.29. The van der Waals surface area contributed by atoms with Gasteiger partial charge in [0.05, 0.1) is 23.0 Å². The summed E-state index contributed by atoms with van der Waals surface area (Å²) in [5.74, 6) is -0.122. The van der Waals surface area contributed by atoms with Gasteiger partial charge in [0.1, 0.15) is 0 Å². The maximum atomic E-state index is 13.5. The fourth-order valence-corrected chi connectivity index (χ4v) is 4.64.